The van der Waals surface area contributed by atoms with Crippen LogP contribution in [0.25, 0.3) is 0 Å². The van der Waals surface area contributed by atoms with Gasteiger partial charge in [-0.3, -0.25) is 9.59 Å². The summed E-state index contributed by atoms with van der Waals surface area (Å²) in [5.41, 5.74) is -0.379. The maximum Gasteiger partial charge on any atom is 0.316 e. The lowest BCUT2D eigenvalue weighted by molar-refractivity contribution is -0.131. The number of nitrogens with one attached hydrogen (secondary N) is 1. The fourth-order valence-corrected chi connectivity index (χ4v) is 3.06. The topological polar surface area (TPSA) is 84.4 Å². The van der Waals surface area contributed by atoms with Gasteiger partial charge in [0.2, 0.25) is 11.8 Å². The lowest BCUT2D eigenvalue weighted by Crippen LogP contribution is -2.40. The number of benzene rings is 1. The number of nitrogens with zero attached hydrogens (tertiary/aromatic N) is 3. The van der Waals surface area contributed by atoms with Crippen molar-refractivity contribution in [3.63, 3.8) is 0 Å². The molecule has 0 saturated carbocycles. The quantitative estimate of drug-likeness (QED) is 0.818. The highest BCUT2D eigenvalue weighted by atomic mass is 19.1. The highest BCUT2D eigenvalue weighted by Crippen LogP contribution is 2.35. The number of hydrogen-bond donors (Lipinski definition) is 1. The highest BCUT2D eigenvalue weighted by molar-refractivity contribution is 6.02. The van der Waals surface area contributed by atoms with Crippen LogP contribution < -0.4 is 15.0 Å². The molecule has 1 unspecified atom stereocenters. The van der Waals surface area contributed by atoms with Crippen LogP contribution >= 0.6 is 0 Å². The normalized spacial score (nSPS) is 19.0. The Bertz CT molecular complexity index is 888. The van der Waals surface area contributed by atoms with Crippen molar-refractivity contribution in [2.75, 3.05) is 18.1 Å². The fraction of sp³-hybridized carbons (Fsp3) is 0.368. The lowest BCUT2D eigenvalue weighted by atomic mass is 9.88. The number of anilines is 1. The molecular weight excluding hydrogens is 370 g/mol. The van der Waals surface area contributed by atoms with E-state index in [-0.39, 0.29) is 43.0 Å². The van der Waals surface area contributed by atoms with E-state index >= 15 is 0 Å². The van der Waals surface area contributed by atoms with E-state index in [1.165, 1.54) is 11.1 Å². The molecule has 2 aromatic rings. The van der Waals surface area contributed by atoms with Crippen molar-refractivity contribution in [3.05, 3.63) is 47.8 Å². The van der Waals surface area contributed by atoms with E-state index in [2.05, 4.69) is 15.3 Å². The highest BCUT2D eigenvalue weighted by Gasteiger charge is 2.45. The number of halogens is 2. The van der Waals surface area contributed by atoms with Gasteiger partial charge in [-0.15, -0.1) is 0 Å². The molecule has 1 aromatic carbocycles. The molecule has 9 heteroatoms. The van der Waals surface area contributed by atoms with E-state index in [0.29, 0.717) is 12.3 Å². The first-order valence-electron chi connectivity index (χ1n) is 8.80. The molecule has 0 aliphatic carbocycles. The summed E-state index contributed by atoms with van der Waals surface area (Å²) < 4.78 is 32.2. The molecule has 0 bridgehead atoms. The Hall–Kier alpha value is -3.10. The maximum atomic E-state index is 13.5. The summed E-state index contributed by atoms with van der Waals surface area (Å²) in [6.07, 6.45) is 1.46. The Labute approximate surface area is 160 Å². The van der Waals surface area contributed by atoms with E-state index in [1.807, 2.05) is 6.92 Å². The molecule has 7 nitrogen and oxygen atoms in total. The molecule has 2 amide bonds. The number of rotatable bonds is 6. The van der Waals surface area contributed by atoms with Crippen molar-refractivity contribution in [2.24, 2.45) is 5.41 Å². The summed E-state index contributed by atoms with van der Waals surface area (Å²) >= 11 is 0. The molecule has 1 fully saturated rings. The van der Waals surface area contributed by atoms with Crippen LogP contribution in [0.2, 0.25) is 0 Å². The van der Waals surface area contributed by atoms with Crippen LogP contribution in [0.1, 0.15) is 26.0 Å². The van der Waals surface area contributed by atoms with Gasteiger partial charge < -0.3 is 15.0 Å². The first-order chi connectivity index (χ1) is 13.3. The van der Waals surface area contributed by atoms with Crippen molar-refractivity contribution < 1.29 is 23.1 Å². The van der Waals surface area contributed by atoms with Crippen LogP contribution in [0.15, 0.2) is 30.5 Å². The zero-order chi connectivity index (χ0) is 20.3. The molecular formula is C19H20F2N4O3. The van der Waals surface area contributed by atoms with E-state index in [0.717, 1.165) is 18.2 Å². The van der Waals surface area contributed by atoms with Crippen molar-refractivity contribution in [2.45, 2.75) is 26.8 Å². The summed E-state index contributed by atoms with van der Waals surface area (Å²) in [5, 5.41) is 2.75. The van der Waals surface area contributed by atoms with Crippen LogP contribution in [0.5, 0.6) is 6.01 Å². The molecule has 148 valence electrons. The zero-order valence-corrected chi connectivity index (χ0v) is 15.5. The summed E-state index contributed by atoms with van der Waals surface area (Å²) in [4.78, 5) is 34.4. The average Bonchev–Trinajstić information content (AvgIpc) is 2.95. The van der Waals surface area contributed by atoms with Crippen molar-refractivity contribution >= 4 is 17.5 Å². The monoisotopic (exact) mass is 390 g/mol. The van der Waals surface area contributed by atoms with E-state index in [4.69, 9.17) is 4.74 Å². The van der Waals surface area contributed by atoms with Crippen LogP contribution in [0.4, 0.5) is 14.5 Å². The second kappa shape index (κ2) is 7.87. The first-order valence-corrected chi connectivity index (χ1v) is 8.80. The Morgan fingerprint density at radius 2 is 2.04 bits per heavy atom. The van der Waals surface area contributed by atoms with Crippen LogP contribution in [0, 0.1) is 17.0 Å². The number of ether oxygens (including phenoxy) is 1. The molecule has 0 radical (unpaired) electrons. The Balaban J connectivity index is 1.68. The van der Waals surface area contributed by atoms with Crippen molar-refractivity contribution in [3.8, 4) is 6.01 Å². The summed E-state index contributed by atoms with van der Waals surface area (Å²) in [6, 6.07) is 4.73. The first kappa shape index (κ1) is 19.7. The Kier molecular flexibility index (Phi) is 5.53. The predicted octanol–water partition coefficient (Wildman–Crippen LogP) is 2.21. The SMILES string of the molecule is CCOc1nccc(CNC(=O)C2(C)CC(=O)N(c3cc(F)cc(F)c3)C2)n1. The fourth-order valence-electron chi connectivity index (χ4n) is 3.06. The Morgan fingerprint density at radius 3 is 2.71 bits per heavy atom. The van der Waals surface area contributed by atoms with Gasteiger partial charge in [-0.05, 0) is 32.0 Å². The van der Waals surface area contributed by atoms with Gasteiger partial charge in [0.05, 0.1) is 24.3 Å². The van der Waals surface area contributed by atoms with E-state index in [1.54, 1.807) is 13.0 Å². The number of hydrogen-bond acceptors (Lipinski definition) is 5. The average molecular weight is 390 g/mol. The van der Waals surface area contributed by atoms with E-state index in [9.17, 15) is 18.4 Å². The molecule has 1 N–H and O–H groups in total. The van der Waals surface area contributed by atoms with Gasteiger partial charge in [0.25, 0.3) is 0 Å². The molecule has 2 heterocycles. The van der Waals surface area contributed by atoms with Gasteiger partial charge in [0.1, 0.15) is 11.6 Å². The minimum absolute atomic E-state index is 0.0224. The smallest absolute Gasteiger partial charge is 0.316 e. The number of amides is 2. The maximum absolute atomic E-state index is 13.5. The number of carbonyl (C=O) groups is 2. The second-order valence-electron chi connectivity index (χ2n) is 6.79. The standard InChI is InChI=1S/C19H20F2N4O3/c1-3-28-18-22-5-4-14(24-18)10-23-17(27)19(2)9-16(26)25(11-19)15-7-12(20)6-13(21)8-15/h4-8H,3,9-11H2,1-2H3,(H,23,27). The van der Waals surface area contributed by atoms with Crippen molar-refractivity contribution in [1.29, 1.82) is 0 Å². The minimum Gasteiger partial charge on any atom is -0.464 e. The van der Waals surface area contributed by atoms with Gasteiger partial charge in [0, 0.05) is 30.9 Å². The molecule has 1 saturated heterocycles. The molecule has 3 rings (SSSR count). The number of aromatic nitrogens is 2. The van der Waals surface area contributed by atoms with Gasteiger partial charge in [0.15, 0.2) is 0 Å². The second-order valence-corrected chi connectivity index (χ2v) is 6.79. The minimum atomic E-state index is -1.03. The molecule has 1 aliphatic rings. The molecule has 1 aliphatic heterocycles. The lowest BCUT2D eigenvalue weighted by Gasteiger charge is -2.23. The van der Waals surface area contributed by atoms with Gasteiger partial charge in [-0.2, -0.15) is 4.98 Å². The zero-order valence-electron chi connectivity index (χ0n) is 15.5. The molecule has 28 heavy (non-hydrogen) atoms. The van der Waals surface area contributed by atoms with Gasteiger partial charge in [-0.25, -0.2) is 13.8 Å². The van der Waals surface area contributed by atoms with E-state index < -0.39 is 17.0 Å². The summed E-state index contributed by atoms with van der Waals surface area (Å²) in [5.74, 6) is -2.29. The third-order valence-electron chi connectivity index (χ3n) is 4.45. The summed E-state index contributed by atoms with van der Waals surface area (Å²) in [6.45, 7) is 4.04. The molecule has 1 atom stereocenters. The van der Waals surface area contributed by atoms with Crippen LogP contribution in [0.3, 0.4) is 0 Å². The van der Waals surface area contributed by atoms with Gasteiger partial charge in [-0.1, -0.05) is 0 Å². The number of carbonyl (C=O) groups excluding carboxylic acids is 2. The van der Waals surface area contributed by atoms with Crippen LogP contribution in [-0.2, 0) is 16.1 Å². The van der Waals surface area contributed by atoms with Gasteiger partial charge >= 0.3 is 6.01 Å². The third-order valence-corrected chi connectivity index (χ3v) is 4.45. The largest absolute Gasteiger partial charge is 0.464 e. The van der Waals surface area contributed by atoms with Crippen LogP contribution in [-0.4, -0.2) is 34.9 Å². The van der Waals surface area contributed by atoms with Crippen molar-refractivity contribution in [1.82, 2.24) is 15.3 Å². The predicted molar refractivity (Wildman–Crippen MR) is 96.5 cm³/mol. The Morgan fingerprint density at radius 1 is 1.32 bits per heavy atom. The summed E-state index contributed by atoms with van der Waals surface area (Å²) in [7, 11) is 0. The molecule has 0 spiro atoms. The molecule has 1 aromatic heterocycles. The third kappa shape index (κ3) is 4.24.